The van der Waals surface area contributed by atoms with Crippen LogP contribution in [0.25, 0.3) is 0 Å². The molecule has 2 aromatic rings. The molecule has 4 rings (SSSR count). The molecular formula is C26H35N5O2. The number of para-hydroxylation sites is 1. The number of nitrogens with zero attached hydrogens (tertiary/aromatic N) is 4. The third-order valence-corrected chi connectivity index (χ3v) is 6.72. The summed E-state index contributed by atoms with van der Waals surface area (Å²) in [5, 5.41) is 2.92. The Morgan fingerprint density at radius 1 is 1.06 bits per heavy atom. The lowest BCUT2D eigenvalue weighted by atomic mass is 9.94. The second kappa shape index (κ2) is 10.9. The second-order valence-corrected chi connectivity index (χ2v) is 9.15. The van der Waals surface area contributed by atoms with Gasteiger partial charge in [0.2, 0.25) is 5.91 Å². The number of hydrogen-bond acceptors (Lipinski definition) is 5. The quantitative estimate of drug-likeness (QED) is 0.614. The van der Waals surface area contributed by atoms with Crippen LogP contribution in [0, 0.1) is 5.92 Å². The molecule has 2 amide bonds. The maximum absolute atomic E-state index is 13.9. The summed E-state index contributed by atoms with van der Waals surface area (Å²) in [4.78, 5) is 37.8. The highest BCUT2D eigenvalue weighted by atomic mass is 16.2. The molecule has 1 atom stereocenters. The fourth-order valence-corrected chi connectivity index (χ4v) is 4.78. The molecule has 0 saturated carbocycles. The van der Waals surface area contributed by atoms with Crippen LogP contribution in [0.4, 0.5) is 17.2 Å². The van der Waals surface area contributed by atoms with Gasteiger partial charge in [0.05, 0.1) is 16.9 Å². The minimum atomic E-state index is -0.214. The maximum atomic E-state index is 13.9. The zero-order valence-electron chi connectivity index (χ0n) is 19.8. The van der Waals surface area contributed by atoms with Crippen LogP contribution in [0.2, 0.25) is 0 Å². The van der Waals surface area contributed by atoms with Crippen molar-refractivity contribution in [2.24, 2.45) is 5.92 Å². The predicted octanol–water partition coefficient (Wildman–Crippen LogP) is 4.15. The average Bonchev–Trinajstić information content (AvgIpc) is 2.95. The number of piperazine rings is 1. The van der Waals surface area contributed by atoms with Gasteiger partial charge in [-0.25, -0.2) is 4.98 Å². The summed E-state index contributed by atoms with van der Waals surface area (Å²) < 4.78 is 0. The number of carbonyl (C=O) groups is 2. The average molecular weight is 450 g/mol. The Morgan fingerprint density at radius 2 is 1.85 bits per heavy atom. The summed E-state index contributed by atoms with van der Waals surface area (Å²) in [6.07, 6.45) is 6.41. The highest BCUT2D eigenvalue weighted by Gasteiger charge is 2.33. The summed E-state index contributed by atoms with van der Waals surface area (Å²) in [6.45, 7) is 7.73. The van der Waals surface area contributed by atoms with Gasteiger partial charge in [0, 0.05) is 38.3 Å². The van der Waals surface area contributed by atoms with Crippen LogP contribution in [0.15, 0.2) is 42.6 Å². The van der Waals surface area contributed by atoms with Gasteiger partial charge in [-0.2, -0.15) is 0 Å². The molecule has 0 bridgehead atoms. The Kier molecular flexibility index (Phi) is 7.73. The molecule has 1 aromatic carbocycles. The molecule has 2 aliphatic rings. The lowest BCUT2D eigenvalue weighted by molar-refractivity contribution is -0.122. The molecule has 1 unspecified atom stereocenters. The van der Waals surface area contributed by atoms with Crippen molar-refractivity contribution in [1.82, 2.24) is 14.8 Å². The number of benzene rings is 1. The zero-order valence-corrected chi connectivity index (χ0v) is 19.8. The van der Waals surface area contributed by atoms with Gasteiger partial charge in [0.25, 0.3) is 5.91 Å². The molecular weight excluding hydrogens is 414 g/mol. The van der Waals surface area contributed by atoms with Gasteiger partial charge in [0.15, 0.2) is 5.82 Å². The number of nitrogens with one attached hydrogen (secondary N) is 1. The number of rotatable bonds is 8. The monoisotopic (exact) mass is 449 g/mol. The van der Waals surface area contributed by atoms with Gasteiger partial charge >= 0.3 is 0 Å². The second-order valence-electron chi connectivity index (χ2n) is 9.15. The molecule has 7 nitrogen and oxygen atoms in total. The molecule has 1 aromatic heterocycles. The van der Waals surface area contributed by atoms with E-state index < -0.39 is 0 Å². The number of anilines is 3. The topological polar surface area (TPSA) is 68.8 Å². The summed E-state index contributed by atoms with van der Waals surface area (Å²) in [7, 11) is 2.18. The van der Waals surface area contributed by atoms with Crippen molar-refractivity contribution < 1.29 is 9.59 Å². The minimum absolute atomic E-state index is 0.0281. The van der Waals surface area contributed by atoms with Crippen LogP contribution in [-0.2, 0) is 4.79 Å². The van der Waals surface area contributed by atoms with E-state index in [0.717, 1.165) is 64.8 Å². The van der Waals surface area contributed by atoms with Crippen LogP contribution >= 0.6 is 0 Å². The number of likely N-dealkylation sites (N-methyl/N-ethyl adjacent to an activating group) is 1. The Morgan fingerprint density at radius 3 is 2.64 bits per heavy atom. The Balaban J connectivity index is 1.50. The van der Waals surface area contributed by atoms with Gasteiger partial charge < -0.3 is 15.1 Å². The first kappa shape index (κ1) is 23.4. The molecule has 2 aliphatic heterocycles. The number of unbranched alkanes of at least 4 members (excludes halogenated alkanes) is 1. The molecule has 3 heterocycles. The summed E-state index contributed by atoms with van der Waals surface area (Å²) in [5.41, 5.74) is 1.67. The van der Waals surface area contributed by atoms with E-state index in [2.05, 4.69) is 34.1 Å². The largest absolute Gasteiger partial charge is 0.319 e. The van der Waals surface area contributed by atoms with E-state index in [4.69, 9.17) is 0 Å². The lowest BCUT2D eigenvalue weighted by Crippen LogP contribution is -2.44. The molecule has 33 heavy (non-hydrogen) atoms. The van der Waals surface area contributed by atoms with Crippen LogP contribution in [0.3, 0.4) is 0 Å². The Labute approximate surface area is 196 Å². The first-order valence-corrected chi connectivity index (χ1v) is 12.2. The van der Waals surface area contributed by atoms with Gasteiger partial charge in [-0.15, -0.1) is 0 Å². The van der Waals surface area contributed by atoms with Crippen LogP contribution in [-0.4, -0.2) is 66.4 Å². The van der Waals surface area contributed by atoms with E-state index >= 15 is 0 Å². The smallest absolute Gasteiger partial charge is 0.257 e. The highest BCUT2D eigenvalue weighted by Crippen LogP contribution is 2.38. The van der Waals surface area contributed by atoms with E-state index in [1.807, 2.05) is 18.2 Å². The van der Waals surface area contributed by atoms with Crippen molar-refractivity contribution in [3.8, 4) is 0 Å². The number of carbonyl (C=O) groups excluding carboxylic acids is 2. The van der Waals surface area contributed by atoms with E-state index in [1.165, 1.54) is 0 Å². The fraction of sp³-hybridized carbons (Fsp3) is 0.500. The molecule has 1 saturated heterocycles. The Hall–Kier alpha value is -2.77. The number of fused-ring (bicyclic) bond motifs is 2. The number of pyridine rings is 1. The van der Waals surface area contributed by atoms with Crippen molar-refractivity contribution >= 4 is 29.0 Å². The molecule has 176 valence electrons. The SMILES string of the molecule is CCCC(CCCCN1CCN(C)CC1)C(=O)N1c2ccccc2C(=O)Nc2cccnc21. The zero-order chi connectivity index (χ0) is 23.2. The van der Waals surface area contributed by atoms with E-state index in [9.17, 15) is 9.59 Å². The number of hydrogen-bond donors (Lipinski definition) is 1. The van der Waals surface area contributed by atoms with Crippen LogP contribution < -0.4 is 10.2 Å². The molecule has 0 radical (unpaired) electrons. The molecule has 1 fully saturated rings. The summed E-state index contributed by atoms with van der Waals surface area (Å²) >= 11 is 0. The van der Waals surface area contributed by atoms with Crippen molar-refractivity contribution in [3.05, 3.63) is 48.2 Å². The summed E-state index contributed by atoms with van der Waals surface area (Å²) in [6, 6.07) is 10.9. The molecule has 0 spiro atoms. The van der Waals surface area contributed by atoms with Gasteiger partial charge in [-0.3, -0.25) is 14.5 Å². The lowest BCUT2D eigenvalue weighted by Gasteiger charge is -2.32. The van der Waals surface area contributed by atoms with Gasteiger partial charge in [-0.05, 0) is 57.1 Å². The molecule has 1 N–H and O–H groups in total. The highest BCUT2D eigenvalue weighted by molar-refractivity contribution is 6.17. The predicted molar refractivity (Wildman–Crippen MR) is 132 cm³/mol. The fourth-order valence-electron chi connectivity index (χ4n) is 4.78. The van der Waals surface area contributed by atoms with Crippen molar-refractivity contribution in [2.75, 3.05) is 50.0 Å². The van der Waals surface area contributed by atoms with Crippen molar-refractivity contribution in [1.29, 1.82) is 0 Å². The minimum Gasteiger partial charge on any atom is -0.319 e. The first-order chi connectivity index (χ1) is 16.1. The maximum Gasteiger partial charge on any atom is 0.257 e. The third kappa shape index (κ3) is 5.42. The van der Waals surface area contributed by atoms with Crippen LogP contribution in [0.1, 0.15) is 49.4 Å². The number of amides is 2. The normalized spacial score (nSPS) is 17.6. The Bertz CT molecular complexity index is 971. The molecule has 7 heteroatoms. The van der Waals surface area contributed by atoms with Gasteiger partial charge in [-0.1, -0.05) is 31.9 Å². The summed E-state index contributed by atoms with van der Waals surface area (Å²) in [5.74, 6) is 0.215. The number of aromatic nitrogens is 1. The van der Waals surface area contributed by atoms with Crippen molar-refractivity contribution in [2.45, 2.75) is 39.0 Å². The third-order valence-electron chi connectivity index (χ3n) is 6.72. The van der Waals surface area contributed by atoms with E-state index in [1.54, 1.807) is 29.3 Å². The van der Waals surface area contributed by atoms with Crippen LogP contribution in [0.5, 0.6) is 0 Å². The first-order valence-electron chi connectivity index (χ1n) is 12.2. The molecule has 0 aliphatic carbocycles. The van der Waals surface area contributed by atoms with Crippen molar-refractivity contribution in [3.63, 3.8) is 0 Å². The van der Waals surface area contributed by atoms with E-state index in [-0.39, 0.29) is 17.7 Å². The van der Waals surface area contributed by atoms with E-state index in [0.29, 0.717) is 22.8 Å². The van der Waals surface area contributed by atoms with Gasteiger partial charge in [0.1, 0.15) is 0 Å². The standard InChI is InChI=1S/C26H35N5O2/c1-3-9-20(10-6-7-15-30-18-16-29(2)17-19-30)26(33)31-23-13-5-4-11-21(23)25(32)28-22-12-8-14-27-24(22)31/h4-5,8,11-14,20H,3,6-7,9-10,15-19H2,1-2H3,(H,28,32).